The summed E-state index contributed by atoms with van der Waals surface area (Å²) >= 11 is 0. The molecule has 2 aliphatic carbocycles. The van der Waals surface area contributed by atoms with Gasteiger partial charge in [0.2, 0.25) is 0 Å². The smallest absolute Gasteiger partial charge is 0.161 e. The second-order valence-electron chi connectivity index (χ2n) is 6.81. The van der Waals surface area contributed by atoms with E-state index in [9.17, 15) is 4.79 Å². The van der Waals surface area contributed by atoms with Gasteiger partial charge >= 0.3 is 0 Å². The molecule has 1 saturated carbocycles. The second kappa shape index (κ2) is 3.67. The summed E-state index contributed by atoms with van der Waals surface area (Å²) < 4.78 is 0. The van der Waals surface area contributed by atoms with Crippen molar-refractivity contribution in [3.8, 4) is 0 Å². The number of allylic oxidation sites excluding steroid dienone is 2. The molecule has 0 N–H and O–H groups in total. The van der Waals surface area contributed by atoms with Gasteiger partial charge in [0.25, 0.3) is 0 Å². The molecular weight excluding hydrogens is 228 g/mol. The molecule has 4 atom stereocenters. The minimum absolute atomic E-state index is 0.0739. The average molecular weight is 250 g/mol. The Morgan fingerprint density at radius 3 is 2.78 bits per heavy atom. The Hall–Kier alpha value is -0.670. The first-order chi connectivity index (χ1) is 8.37. The molecule has 1 aliphatic heterocycles. The summed E-state index contributed by atoms with van der Waals surface area (Å²) in [5, 5.41) is 0. The number of hydrogen-bond donors (Lipinski definition) is 0. The molecule has 3 rings (SSSR count). The van der Waals surface area contributed by atoms with Crippen LogP contribution < -0.4 is 0 Å². The summed E-state index contributed by atoms with van der Waals surface area (Å²) in [4.78, 5) is 23.3. The Morgan fingerprint density at radius 1 is 1.33 bits per heavy atom. The molecule has 0 spiro atoms. The topological polar surface area (TPSA) is 35.5 Å². The maximum absolute atomic E-state index is 12.3. The monoisotopic (exact) mass is 250 g/mol. The molecule has 1 saturated heterocycles. The molecule has 2 fully saturated rings. The van der Waals surface area contributed by atoms with Gasteiger partial charge in [0.15, 0.2) is 5.78 Å². The highest BCUT2D eigenvalue weighted by Crippen LogP contribution is 2.59. The SMILES string of the molecule is CC1CCC=C2C(=O)CC3OOC(C)(C)C3[C@]21C. The molecule has 3 aliphatic rings. The first-order valence-electron chi connectivity index (χ1n) is 6.95. The van der Waals surface area contributed by atoms with Gasteiger partial charge in [0.1, 0.15) is 11.7 Å². The molecular formula is C15H22O3. The van der Waals surface area contributed by atoms with Gasteiger partial charge in [-0.15, -0.1) is 0 Å². The molecule has 3 nitrogen and oxygen atoms in total. The molecule has 0 aromatic carbocycles. The van der Waals surface area contributed by atoms with Gasteiger partial charge in [-0.1, -0.05) is 19.9 Å². The summed E-state index contributed by atoms with van der Waals surface area (Å²) in [5.74, 6) is 1.02. The number of rotatable bonds is 0. The summed E-state index contributed by atoms with van der Waals surface area (Å²) in [6, 6.07) is 0. The van der Waals surface area contributed by atoms with Crippen molar-refractivity contribution in [2.45, 2.75) is 58.7 Å². The Labute approximate surface area is 108 Å². The van der Waals surface area contributed by atoms with Crippen LogP contribution in [0.25, 0.3) is 0 Å². The molecule has 0 aromatic heterocycles. The maximum Gasteiger partial charge on any atom is 0.161 e. The summed E-state index contributed by atoms with van der Waals surface area (Å²) in [7, 11) is 0. The molecule has 0 bridgehead atoms. The Kier molecular flexibility index (Phi) is 2.52. The van der Waals surface area contributed by atoms with E-state index in [1.165, 1.54) is 0 Å². The predicted octanol–water partition coefficient (Wildman–Crippen LogP) is 3.05. The molecule has 0 aromatic rings. The predicted molar refractivity (Wildman–Crippen MR) is 67.7 cm³/mol. The van der Waals surface area contributed by atoms with Gasteiger partial charge in [-0.2, -0.15) is 0 Å². The van der Waals surface area contributed by atoms with E-state index in [0.29, 0.717) is 12.3 Å². The van der Waals surface area contributed by atoms with Crippen LogP contribution in [0.4, 0.5) is 0 Å². The molecule has 0 radical (unpaired) electrons. The van der Waals surface area contributed by atoms with Crippen molar-refractivity contribution in [3.63, 3.8) is 0 Å². The lowest BCUT2D eigenvalue weighted by molar-refractivity contribution is -0.318. The van der Waals surface area contributed by atoms with Gasteiger partial charge in [-0.25, -0.2) is 9.78 Å². The molecule has 18 heavy (non-hydrogen) atoms. The van der Waals surface area contributed by atoms with Crippen LogP contribution in [0.15, 0.2) is 11.6 Å². The molecule has 100 valence electrons. The van der Waals surface area contributed by atoms with E-state index in [1.807, 2.05) is 0 Å². The highest BCUT2D eigenvalue weighted by atomic mass is 17.2. The average Bonchev–Trinajstić information content (AvgIpc) is 2.58. The van der Waals surface area contributed by atoms with Crippen LogP contribution in [0.3, 0.4) is 0 Å². The van der Waals surface area contributed by atoms with E-state index in [-0.39, 0.29) is 28.8 Å². The van der Waals surface area contributed by atoms with Gasteiger partial charge in [-0.3, -0.25) is 4.79 Å². The number of ketones is 1. The highest BCUT2D eigenvalue weighted by Gasteiger charge is 2.62. The zero-order chi connectivity index (χ0) is 13.1. The molecule has 3 unspecified atom stereocenters. The van der Waals surface area contributed by atoms with Crippen LogP contribution >= 0.6 is 0 Å². The van der Waals surface area contributed by atoms with Crippen LogP contribution in [0.5, 0.6) is 0 Å². The molecule has 1 heterocycles. The lowest BCUT2D eigenvalue weighted by Crippen LogP contribution is -2.54. The normalized spacial score (nSPS) is 46.3. The summed E-state index contributed by atoms with van der Waals surface area (Å²) in [6.07, 6.45) is 4.73. The fourth-order valence-corrected chi connectivity index (χ4v) is 4.44. The van der Waals surface area contributed by atoms with Crippen LogP contribution in [0, 0.1) is 17.3 Å². The van der Waals surface area contributed by atoms with Gasteiger partial charge in [0.05, 0.1) is 0 Å². The van der Waals surface area contributed by atoms with E-state index >= 15 is 0 Å². The van der Waals surface area contributed by atoms with Crippen molar-refractivity contribution in [3.05, 3.63) is 11.6 Å². The number of fused-ring (bicyclic) bond motifs is 3. The largest absolute Gasteiger partial charge is 0.294 e. The third kappa shape index (κ3) is 1.41. The lowest BCUT2D eigenvalue weighted by atomic mass is 9.51. The van der Waals surface area contributed by atoms with Gasteiger partial charge in [-0.05, 0) is 38.2 Å². The van der Waals surface area contributed by atoms with E-state index in [1.54, 1.807) is 0 Å². The minimum atomic E-state index is -0.315. The molecule has 0 amide bonds. The molecule has 3 heteroatoms. The maximum atomic E-state index is 12.3. The quantitative estimate of drug-likeness (QED) is 0.620. The standard InChI is InChI=1S/C15H22O3/c1-9-6-5-7-10-11(16)8-12-13(15(9,10)4)14(2,3)18-17-12/h7,9,12-13H,5-6,8H2,1-4H3/t9?,12?,13?,15-/m0/s1. The van der Waals surface area contributed by atoms with Crippen LogP contribution in [-0.4, -0.2) is 17.5 Å². The van der Waals surface area contributed by atoms with Crippen molar-refractivity contribution in [2.24, 2.45) is 17.3 Å². The van der Waals surface area contributed by atoms with E-state index < -0.39 is 0 Å². The summed E-state index contributed by atoms with van der Waals surface area (Å²) in [6.45, 7) is 8.66. The second-order valence-corrected chi connectivity index (χ2v) is 6.81. The number of carbonyl (C=O) groups is 1. The van der Waals surface area contributed by atoms with Crippen molar-refractivity contribution < 1.29 is 14.6 Å². The fraction of sp³-hybridized carbons (Fsp3) is 0.800. The first-order valence-corrected chi connectivity index (χ1v) is 6.95. The summed E-state index contributed by atoms with van der Waals surface area (Å²) in [5.41, 5.74) is 0.618. The number of Topliss-reactive ketones (excluding diaryl/α,β-unsaturated/α-hetero) is 1. The van der Waals surface area contributed by atoms with Crippen LogP contribution in [0.2, 0.25) is 0 Å². The van der Waals surface area contributed by atoms with Crippen LogP contribution in [0.1, 0.15) is 47.0 Å². The highest BCUT2D eigenvalue weighted by molar-refractivity contribution is 5.98. The number of hydrogen-bond acceptors (Lipinski definition) is 3. The van der Waals surface area contributed by atoms with Gasteiger partial charge in [0, 0.05) is 17.8 Å². The zero-order valence-electron chi connectivity index (χ0n) is 11.7. The zero-order valence-corrected chi connectivity index (χ0v) is 11.7. The van der Waals surface area contributed by atoms with Crippen molar-refractivity contribution in [1.82, 2.24) is 0 Å². The third-order valence-corrected chi connectivity index (χ3v) is 5.39. The Morgan fingerprint density at radius 2 is 2.06 bits per heavy atom. The number of carbonyl (C=O) groups excluding carboxylic acids is 1. The van der Waals surface area contributed by atoms with Crippen LogP contribution in [-0.2, 0) is 14.6 Å². The van der Waals surface area contributed by atoms with Crippen molar-refractivity contribution >= 4 is 5.78 Å². The van der Waals surface area contributed by atoms with E-state index in [4.69, 9.17) is 9.78 Å². The fourth-order valence-electron chi connectivity index (χ4n) is 4.44. The Balaban J connectivity index is 2.13. The van der Waals surface area contributed by atoms with Crippen molar-refractivity contribution in [1.29, 1.82) is 0 Å². The van der Waals surface area contributed by atoms with Crippen molar-refractivity contribution in [2.75, 3.05) is 0 Å². The van der Waals surface area contributed by atoms with E-state index in [2.05, 4.69) is 33.8 Å². The lowest BCUT2D eigenvalue weighted by Gasteiger charge is -2.51. The minimum Gasteiger partial charge on any atom is -0.294 e. The first kappa shape index (κ1) is 12.4. The Bertz CT molecular complexity index is 423. The third-order valence-electron chi connectivity index (χ3n) is 5.39. The van der Waals surface area contributed by atoms with E-state index in [0.717, 1.165) is 18.4 Å². The van der Waals surface area contributed by atoms with Gasteiger partial charge < -0.3 is 0 Å².